The first kappa shape index (κ1) is 31.4. The van der Waals surface area contributed by atoms with Crippen molar-refractivity contribution in [3.05, 3.63) is 99.5 Å². The maximum atomic E-state index is 14.2. The minimum absolute atomic E-state index is 0.123. The standard InChI is InChI=1S/C31H38BrN3O4S/c1-22-12-10-17-27(23(22)2)35(40(6,38)39)21-29(36)34(20-25-15-11-16-26(32)18-25)28(30(37)33-31(3,4)5)19-24-13-8-7-9-14-24/h7-18,28H,19-21H2,1-6H3,(H,33,37)/t28-/m1/s1. The SMILES string of the molecule is Cc1cccc(N(CC(=O)N(Cc2cccc(Br)c2)[C@H](Cc2ccccc2)C(=O)NC(C)(C)C)S(C)(=O)=O)c1C. The maximum Gasteiger partial charge on any atom is 0.244 e. The van der Waals surface area contributed by atoms with Gasteiger partial charge in [-0.1, -0.05) is 70.5 Å². The van der Waals surface area contributed by atoms with Crippen LogP contribution in [-0.4, -0.2) is 49.5 Å². The first-order valence-corrected chi connectivity index (χ1v) is 15.7. The summed E-state index contributed by atoms with van der Waals surface area (Å²) in [5.41, 5.74) is 3.28. The Kier molecular flexibility index (Phi) is 10.2. The Bertz CT molecular complexity index is 1450. The molecule has 3 rings (SSSR count). The Balaban J connectivity index is 2.10. The molecule has 3 aromatic carbocycles. The van der Waals surface area contributed by atoms with Crippen LogP contribution in [0.2, 0.25) is 0 Å². The molecule has 40 heavy (non-hydrogen) atoms. The van der Waals surface area contributed by atoms with Gasteiger partial charge in [-0.15, -0.1) is 0 Å². The Hall–Kier alpha value is -3.17. The molecule has 0 saturated heterocycles. The Labute approximate surface area is 246 Å². The summed E-state index contributed by atoms with van der Waals surface area (Å²) >= 11 is 3.49. The van der Waals surface area contributed by atoms with Gasteiger partial charge in [0.2, 0.25) is 21.8 Å². The van der Waals surface area contributed by atoms with E-state index in [2.05, 4.69) is 21.2 Å². The van der Waals surface area contributed by atoms with E-state index in [9.17, 15) is 18.0 Å². The first-order chi connectivity index (χ1) is 18.7. The summed E-state index contributed by atoms with van der Waals surface area (Å²) in [5.74, 6) is -0.784. The molecule has 0 spiro atoms. The van der Waals surface area contributed by atoms with Crippen molar-refractivity contribution in [1.82, 2.24) is 10.2 Å². The number of hydrogen-bond donors (Lipinski definition) is 1. The number of halogens is 1. The highest BCUT2D eigenvalue weighted by atomic mass is 79.9. The molecule has 0 heterocycles. The number of hydrogen-bond acceptors (Lipinski definition) is 4. The second-order valence-corrected chi connectivity index (χ2v) is 13.9. The zero-order valence-electron chi connectivity index (χ0n) is 23.9. The lowest BCUT2D eigenvalue weighted by atomic mass is 10.0. The number of sulfonamides is 1. The van der Waals surface area contributed by atoms with Crippen LogP contribution in [0.1, 0.15) is 43.0 Å². The zero-order chi connectivity index (χ0) is 29.7. The molecule has 7 nitrogen and oxygen atoms in total. The summed E-state index contributed by atoms with van der Waals surface area (Å²) in [6.07, 6.45) is 1.36. The van der Waals surface area contributed by atoms with Crippen molar-refractivity contribution in [1.29, 1.82) is 0 Å². The first-order valence-electron chi connectivity index (χ1n) is 13.1. The molecule has 0 fully saturated rings. The molecule has 0 aromatic heterocycles. The monoisotopic (exact) mass is 627 g/mol. The van der Waals surface area contributed by atoms with Gasteiger partial charge in [-0.05, 0) is 75.1 Å². The number of rotatable bonds is 10. The predicted octanol–water partition coefficient (Wildman–Crippen LogP) is 5.39. The lowest BCUT2D eigenvalue weighted by Crippen LogP contribution is -2.56. The lowest BCUT2D eigenvalue weighted by molar-refractivity contribution is -0.140. The minimum Gasteiger partial charge on any atom is -0.350 e. The number of nitrogens with zero attached hydrogens (tertiary/aromatic N) is 2. The van der Waals surface area contributed by atoms with Crippen molar-refractivity contribution in [2.45, 2.75) is 59.2 Å². The van der Waals surface area contributed by atoms with Gasteiger partial charge in [-0.2, -0.15) is 0 Å². The van der Waals surface area contributed by atoms with Crippen LogP contribution in [0.5, 0.6) is 0 Å². The molecule has 9 heteroatoms. The quantitative estimate of drug-likeness (QED) is 0.327. The number of amides is 2. The summed E-state index contributed by atoms with van der Waals surface area (Å²) in [7, 11) is -3.82. The molecule has 0 aliphatic carbocycles. The molecule has 1 atom stereocenters. The molecule has 2 amide bonds. The Morgan fingerprint density at radius 1 is 0.925 bits per heavy atom. The fourth-order valence-corrected chi connectivity index (χ4v) is 5.79. The van der Waals surface area contributed by atoms with Crippen LogP contribution < -0.4 is 9.62 Å². The Morgan fingerprint density at radius 2 is 1.55 bits per heavy atom. The highest BCUT2D eigenvalue weighted by Gasteiger charge is 2.34. The van der Waals surface area contributed by atoms with E-state index in [4.69, 9.17) is 0 Å². The molecular weight excluding hydrogens is 590 g/mol. The summed E-state index contributed by atoms with van der Waals surface area (Å²) in [6, 6.07) is 21.5. The fraction of sp³-hybridized carbons (Fsp3) is 0.355. The summed E-state index contributed by atoms with van der Waals surface area (Å²) in [6.45, 7) is 9.07. The van der Waals surface area contributed by atoms with E-state index < -0.39 is 34.1 Å². The highest BCUT2D eigenvalue weighted by Crippen LogP contribution is 2.26. The van der Waals surface area contributed by atoms with Crippen LogP contribution >= 0.6 is 15.9 Å². The average Bonchev–Trinajstić information content (AvgIpc) is 2.85. The number of anilines is 1. The number of carbonyl (C=O) groups excluding carboxylic acids is 2. The normalized spacial score (nSPS) is 12.5. The lowest BCUT2D eigenvalue weighted by Gasteiger charge is -2.35. The molecule has 0 unspecified atom stereocenters. The molecular formula is C31H38BrN3O4S. The molecule has 1 N–H and O–H groups in total. The predicted molar refractivity (Wildman–Crippen MR) is 165 cm³/mol. The maximum absolute atomic E-state index is 14.2. The number of nitrogens with one attached hydrogen (secondary N) is 1. The second-order valence-electron chi connectivity index (χ2n) is 11.1. The van der Waals surface area contributed by atoms with Crippen LogP contribution in [0.3, 0.4) is 0 Å². The van der Waals surface area contributed by atoms with Gasteiger partial charge < -0.3 is 10.2 Å². The van der Waals surface area contributed by atoms with Crippen molar-refractivity contribution >= 4 is 43.5 Å². The minimum atomic E-state index is -3.82. The van der Waals surface area contributed by atoms with Gasteiger partial charge in [0.05, 0.1) is 11.9 Å². The van der Waals surface area contributed by atoms with Gasteiger partial charge >= 0.3 is 0 Å². The highest BCUT2D eigenvalue weighted by molar-refractivity contribution is 9.10. The van der Waals surface area contributed by atoms with Gasteiger partial charge in [0.25, 0.3) is 0 Å². The van der Waals surface area contributed by atoms with Crippen LogP contribution in [0.15, 0.2) is 77.3 Å². The average molecular weight is 629 g/mol. The largest absolute Gasteiger partial charge is 0.350 e. The summed E-state index contributed by atoms with van der Waals surface area (Å²) < 4.78 is 28.0. The molecule has 214 valence electrons. The smallest absolute Gasteiger partial charge is 0.244 e. The van der Waals surface area contributed by atoms with Crippen molar-refractivity contribution in [2.75, 3.05) is 17.1 Å². The van der Waals surface area contributed by atoms with Gasteiger partial charge in [-0.3, -0.25) is 13.9 Å². The number of carbonyl (C=O) groups is 2. The zero-order valence-corrected chi connectivity index (χ0v) is 26.3. The molecule has 0 radical (unpaired) electrons. The van der Waals surface area contributed by atoms with Crippen LogP contribution in [-0.2, 0) is 32.6 Å². The molecule has 0 aliphatic heterocycles. The summed E-state index contributed by atoms with van der Waals surface area (Å²) in [5, 5.41) is 3.03. The van der Waals surface area contributed by atoms with Crippen molar-refractivity contribution in [3.63, 3.8) is 0 Å². The molecule has 0 saturated carbocycles. The third-order valence-electron chi connectivity index (χ3n) is 6.54. The van der Waals surface area contributed by atoms with E-state index in [1.54, 1.807) is 12.1 Å². The second kappa shape index (κ2) is 13.0. The fourth-order valence-electron chi connectivity index (χ4n) is 4.44. The Morgan fingerprint density at radius 3 is 2.15 bits per heavy atom. The number of benzene rings is 3. The van der Waals surface area contributed by atoms with E-state index >= 15 is 0 Å². The van der Waals surface area contributed by atoms with E-state index in [-0.39, 0.29) is 18.9 Å². The van der Waals surface area contributed by atoms with Gasteiger partial charge in [0, 0.05) is 23.0 Å². The van der Waals surface area contributed by atoms with Crippen LogP contribution in [0.4, 0.5) is 5.69 Å². The van der Waals surface area contributed by atoms with Crippen molar-refractivity contribution in [2.24, 2.45) is 0 Å². The van der Waals surface area contributed by atoms with Gasteiger partial charge in [-0.25, -0.2) is 8.42 Å². The van der Waals surface area contributed by atoms with Crippen molar-refractivity contribution < 1.29 is 18.0 Å². The number of aryl methyl sites for hydroxylation is 1. The van der Waals surface area contributed by atoms with E-state index in [1.807, 2.05) is 95.3 Å². The molecule has 0 aliphatic rings. The van der Waals surface area contributed by atoms with E-state index in [0.29, 0.717) is 5.69 Å². The summed E-state index contributed by atoms with van der Waals surface area (Å²) in [4.78, 5) is 29.5. The topological polar surface area (TPSA) is 86.8 Å². The molecule has 3 aromatic rings. The van der Waals surface area contributed by atoms with Crippen molar-refractivity contribution in [3.8, 4) is 0 Å². The van der Waals surface area contributed by atoms with E-state index in [0.717, 1.165) is 37.3 Å². The molecule has 0 bridgehead atoms. The van der Waals surface area contributed by atoms with Gasteiger partial charge in [0.1, 0.15) is 12.6 Å². The third-order valence-corrected chi connectivity index (χ3v) is 8.15. The van der Waals surface area contributed by atoms with Crippen LogP contribution in [0, 0.1) is 13.8 Å². The van der Waals surface area contributed by atoms with Gasteiger partial charge in [0.15, 0.2) is 0 Å². The van der Waals surface area contributed by atoms with Crippen LogP contribution in [0.25, 0.3) is 0 Å². The van der Waals surface area contributed by atoms with E-state index in [1.165, 1.54) is 4.90 Å². The third kappa shape index (κ3) is 8.66.